The van der Waals surface area contributed by atoms with Gasteiger partial charge in [-0.25, -0.2) is 4.98 Å². The van der Waals surface area contributed by atoms with Gasteiger partial charge in [0.2, 0.25) is 0 Å². The second-order valence-corrected chi connectivity index (χ2v) is 5.64. The molecule has 1 heterocycles. The molecule has 0 fully saturated rings. The highest BCUT2D eigenvalue weighted by Crippen LogP contribution is 2.21. The molecule has 1 N–H and O–H groups in total. The van der Waals surface area contributed by atoms with E-state index in [1.54, 1.807) is 11.3 Å². The van der Waals surface area contributed by atoms with Crippen LogP contribution in [0.4, 0.5) is 5.69 Å². The Hall–Kier alpha value is -1.35. The Morgan fingerprint density at radius 3 is 2.59 bits per heavy atom. The molecule has 2 aromatic rings. The first-order valence-electron chi connectivity index (χ1n) is 5.81. The minimum absolute atomic E-state index is 0.809. The molecule has 0 aliphatic rings. The summed E-state index contributed by atoms with van der Waals surface area (Å²) in [7, 11) is 0. The van der Waals surface area contributed by atoms with Gasteiger partial charge in [0.25, 0.3) is 0 Å². The zero-order chi connectivity index (χ0) is 12.4. The first-order valence-corrected chi connectivity index (χ1v) is 6.62. The maximum absolute atomic E-state index is 4.53. The van der Waals surface area contributed by atoms with Gasteiger partial charge >= 0.3 is 0 Å². The SMILES string of the molecule is Cc1cccc(NCc2nc(C)c(C)s2)c1C. The van der Waals surface area contributed by atoms with Crippen LogP contribution in [-0.4, -0.2) is 4.98 Å². The number of aryl methyl sites for hydroxylation is 3. The molecule has 0 spiro atoms. The number of hydrogen-bond acceptors (Lipinski definition) is 3. The van der Waals surface area contributed by atoms with Crippen molar-refractivity contribution in [3.8, 4) is 0 Å². The number of anilines is 1. The summed E-state index contributed by atoms with van der Waals surface area (Å²) in [6.45, 7) is 9.28. The van der Waals surface area contributed by atoms with E-state index < -0.39 is 0 Å². The highest BCUT2D eigenvalue weighted by atomic mass is 32.1. The van der Waals surface area contributed by atoms with E-state index in [1.165, 1.54) is 21.7 Å². The van der Waals surface area contributed by atoms with Crippen LogP contribution < -0.4 is 5.32 Å². The van der Waals surface area contributed by atoms with Gasteiger partial charge in [-0.2, -0.15) is 0 Å². The second-order valence-electron chi connectivity index (χ2n) is 4.35. The molecule has 17 heavy (non-hydrogen) atoms. The van der Waals surface area contributed by atoms with Gasteiger partial charge in [0.15, 0.2) is 0 Å². The van der Waals surface area contributed by atoms with Crippen LogP contribution in [0.25, 0.3) is 0 Å². The minimum Gasteiger partial charge on any atom is -0.378 e. The molecule has 2 rings (SSSR count). The normalized spacial score (nSPS) is 10.6. The number of aromatic nitrogens is 1. The van der Waals surface area contributed by atoms with Crippen LogP contribution in [-0.2, 0) is 6.54 Å². The molecule has 2 nitrogen and oxygen atoms in total. The minimum atomic E-state index is 0.809. The topological polar surface area (TPSA) is 24.9 Å². The first kappa shape index (κ1) is 12.1. The van der Waals surface area contributed by atoms with Crippen molar-refractivity contribution in [3.63, 3.8) is 0 Å². The standard InChI is InChI=1S/C14H18N2S/c1-9-6-5-7-13(10(9)2)15-8-14-16-11(3)12(4)17-14/h5-7,15H,8H2,1-4H3. The van der Waals surface area contributed by atoms with Crippen LogP contribution in [0.2, 0.25) is 0 Å². The van der Waals surface area contributed by atoms with E-state index in [1.807, 2.05) is 0 Å². The summed E-state index contributed by atoms with van der Waals surface area (Å²) in [6.07, 6.45) is 0. The van der Waals surface area contributed by atoms with Crippen LogP contribution in [0.3, 0.4) is 0 Å². The summed E-state index contributed by atoms with van der Waals surface area (Å²) in [5, 5.41) is 4.61. The van der Waals surface area contributed by atoms with Gasteiger partial charge in [0.1, 0.15) is 5.01 Å². The Kier molecular flexibility index (Phi) is 3.48. The molecule has 0 saturated carbocycles. The van der Waals surface area contributed by atoms with Crippen molar-refractivity contribution in [2.45, 2.75) is 34.2 Å². The molecular formula is C14H18N2S. The summed E-state index contributed by atoms with van der Waals surface area (Å²) >= 11 is 1.77. The number of hydrogen-bond donors (Lipinski definition) is 1. The highest BCUT2D eigenvalue weighted by Gasteiger charge is 2.04. The fraction of sp³-hybridized carbons (Fsp3) is 0.357. The molecule has 90 valence electrons. The predicted molar refractivity (Wildman–Crippen MR) is 74.8 cm³/mol. The van der Waals surface area contributed by atoms with E-state index in [9.17, 15) is 0 Å². The van der Waals surface area contributed by atoms with Crippen LogP contribution in [0.15, 0.2) is 18.2 Å². The van der Waals surface area contributed by atoms with Crippen LogP contribution in [0, 0.1) is 27.7 Å². The second kappa shape index (κ2) is 4.88. The zero-order valence-electron chi connectivity index (χ0n) is 10.8. The van der Waals surface area contributed by atoms with Crippen LogP contribution in [0.5, 0.6) is 0 Å². The molecule has 0 radical (unpaired) electrons. The average Bonchev–Trinajstić information content (AvgIpc) is 2.61. The van der Waals surface area contributed by atoms with Gasteiger partial charge < -0.3 is 5.32 Å². The molecular weight excluding hydrogens is 228 g/mol. The third-order valence-electron chi connectivity index (χ3n) is 3.11. The molecule has 0 bridgehead atoms. The van der Waals surface area contributed by atoms with Crippen molar-refractivity contribution in [2.75, 3.05) is 5.32 Å². The number of thiazole rings is 1. The highest BCUT2D eigenvalue weighted by molar-refractivity contribution is 7.11. The molecule has 3 heteroatoms. The Morgan fingerprint density at radius 1 is 1.18 bits per heavy atom. The Morgan fingerprint density at radius 2 is 1.94 bits per heavy atom. The van der Waals surface area contributed by atoms with E-state index in [-0.39, 0.29) is 0 Å². The molecule has 0 saturated heterocycles. The van der Waals surface area contributed by atoms with Crippen molar-refractivity contribution in [2.24, 2.45) is 0 Å². The fourth-order valence-electron chi connectivity index (χ4n) is 1.73. The summed E-state index contributed by atoms with van der Waals surface area (Å²) in [5.41, 5.74) is 4.99. The van der Waals surface area contributed by atoms with Gasteiger partial charge in [0.05, 0.1) is 12.2 Å². The largest absolute Gasteiger partial charge is 0.378 e. The Labute approximate surface area is 107 Å². The lowest BCUT2D eigenvalue weighted by atomic mass is 10.1. The summed E-state index contributed by atoms with van der Waals surface area (Å²) < 4.78 is 0. The molecule has 0 atom stereocenters. The molecule has 1 aromatic carbocycles. The summed E-state index contributed by atoms with van der Waals surface area (Å²) in [5.74, 6) is 0. The van der Waals surface area contributed by atoms with E-state index >= 15 is 0 Å². The Balaban J connectivity index is 2.10. The van der Waals surface area contributed by atoms with E-state index in [2.05, 4.69) is 56.2 Å². The maximum Gasteiger partial charge on any atom is 0.112 e. The maximum atomic E-state index is 4.53. The van der Waals surface area contributed by atoms with E-state index in [0.717, 1.165) is 17.2 Å². The number of nitrogens with zero attached hydrogens (tertiary/aromatic N) is 1. The van der Waals surface area contributed by atoms with Crippen molar-refractivity contribution in [3.05, 3.63) is 44.9 Å². The third-order valence-corrected chi connectivity index (χ3v) is 4.18. The zero-order valence-corrected chi connectivity index (χ0v) is 11.6. The lowest BCUT2D eigenvalue weighted by Crippen LogP contribution is -2.01. The van der Waals surface area contributed by atoms with Crippen LogP contribution >= 0.6 is 11.3 Å². The monoisotopic (exact) mass is 246 g/mol. The van der Waals surface area contributed by atoms with Crippen molar-refractivity contribution >= 4 is 17.0 Å². The van der Waals surface area contributed by atoms with Gasteiger partial charge in [-0.1, -0.05) is 12.1 Å². The molecule has 1 aromatic heterocycles. The number of nitrogens with one attached hydrogen (secondary N) is 1. The summed E-state index contributed by atoms with van der Waals surface area (Å²) in [6, 6.07) is 6.34. The Bertz CT molecular complexity index is 510. The fourth-order valence-corrected chi connectivity index (χ4v) is 2.60. The average molecular weight is 246 g/mol. The van der Waals surface area contributed by atoms with Gasteiger partial charge in [0, 0.05) is 10.6 Å². The quantitative estimate of drug-likeness (QED) is 0.885. The van der Waals surface area contributed by atoms with E-state index in [4.69, 9.17) is 0 Å². The lowest BCUT2D eigenvalue weighted by molar-refractivity contribution is 1.06. The van der Waals surface area contributed by atoms with Crippen LogP contribution in [0.1, 0.15) is 26.7 Å². The molecule has 0 amide bonds. The smallest absolute Gasteiger partial charge is 0.112 e. The van der Waals surface area contributed by atoms with Gasteiger partial charge in [-0.15, -0.1) is 11.3 Å². The molecule has 0 unspecified atom stereocenters. The first-order chi connectivity index (χ1) is 8.08. The van der Waals surface area contributed by atoms with Crippen molar-refractivity contribution in [1.29, 1.82) is 0 Å². The van der Waals surface area contributed by atoms with E-state index in [0.29, 0.717) is 0 Å². The third kappa shape index (κ3) is 2.67. The summed E-state index contributed by atoms with van der Waals surface area (Å²) in [4.78, 5) is 5.84. The molecule has 0 aliphatic heterocycles. The van der Waals surface area contributed by atoms with Crippen molar-refractivity contribution in [1.82, 2.24) is 4.98 Å². The van der Waals surface area contributed by atoms with Crippen molar-refractivity contribution < 1.29 is 0 Å². The predicted octanol–water partition coefficient (Wildman–Crippen LogP) is 3.99. The lowest BCUT2D eigenvalue weighted by Gasteiger charge is -2.09. The van der Waals surface area contributed by atoms with Gasteiger partial charge in [-0.3, -0.25) is 0 Å². The molecule has 0 aliphatic carbocycles. The number of benzene rings is 1. The van der Waals surface area contributed by atoms with Gasteiger partial charge in [-0.05, 0) is 44.9 Å². The number of rotatable bonds is 3.